The second-order valence-electron chi connectivity index (χ2n) is 4.10. The SMILES string of the molecule is CCn1ncc(Cl)c1C(C)(O)c1ccccc1. The van der Waals surface area contributed by atoms with Crippen molar-refractivity contribution in [2.45, 2.75) is 26.0 Å². The van der Waals surface area contributed by atoms with Crippen molar-refractivity contribution in [1.29, 1.82) is 0 Å². The lowest BCUT2D eigenvalue weighted by molar-refractivity contribution is 0.0919. The van der Waals surface area contributed by atoms with Gasteiger partial charge in [-0.05, 0) is 19.4 Å². The van der Waals surface area contributed by atoms with E-state index >= 15 is 0 Å². The predicted molar refractivity (Wildman–Crippen MR) is 68.0 cm³/mol. The van der Waals surface area contributed by atoms with Crippen LogP contribution in [-0.4, -0.2) is 14.9 Å². The summed E-state index contributed by atoms with van der Waals surface area (Å²) in [5.41, 5.74) is 0.301. The fraction of sp³-hybridized carbons (Fsp3) is 0.308. The molecule has 3 nitrogen and oxygen atoms in total. The number of halogens is 1. The molecule has 0 aliphatic carbocycles. The van der Waals surface area contributed by atoms with Crippen LogP contribution in [0.25, 0.3) is 0 Å². The van der Waals surface area contributed by atoms with Crippen LogP contribution in [0.4, 0.5) is 0 Å². The summed E-state index contributed by atoms with van der Waals surface area (Å²) in [4.78, 5) is 0. The van der Waals surface area contributed by atoms with Gasteiger partial charge >= 0.3 is 0 Å². The molecule has 1 aromatic heterocycles. The first kappa shape index (κ1) is 12.1. The number of rotatable bonds is 3. The summed E-state index contributed by atoms with van der Waals surface area (Å²) in [7, 11) is 0. The van der Waals surface area contributed by atoms with E-state index in [1.807, 2.05) is 37.3 Å². The van der Waals surface area contributed by atoms with Crippen molar-refractivity contribution in [3.05, 3.63) is 52.8 Å². The van der Waals surface area contributed by atoms with Crippen molar-refractivity contribution in [3.8, 4) is 0 Å². The average molecular weight is 251 g/mol. The molecule has 17 heavy (non-hydrogen) atoms. The minimum Gasteiger partial charge on any atom is -0.379 e. The third-order valence-corrected chi connectivity index (χ3v) is 3.17. The van der Waals surface area contributed by atoms with Gasteiger partial charge in [-0.15, -0.1) is 0 Å². The quantitative estimate of drug-likeness (QED) is 0.910. The molecule has 1 atom stereocenters. The minimum atomic E-state index is -1.13. The monoisotopic (exact) mass is 250 g/mol. The van der Waals surface area contributed by atoms with Crippen molar-refractivity contribution in [1.82, 2.24) is 9.78 Å². The lowest BCUT2D eigenvalue weighted by Gasteiger charge is -2.25. The molecule has 2 rings (SSSR count). The van der Waals surface area contributed by atoms with Gasteiger partial charge in [0.2, 0.25) is 0 Å². The zero-order chi connectivity index (χ0) is 12.5. The van der Waals surface area contributed by atoms with Gasteiger partial charge in [0.15, 0.2) is 0 Å². The molecular weight excluding hydrogens is 236 g/mol. The van der Waals surface area contributed by atoms with Gasteiger partial charge in [-0.3, -0.25) is 4.68 Å². The molecule has 0 amide bonds. The maximum Gasteiger partial charge on any atom is 0.130 e. The van der Waals surface area contributed by atoms with Crippen molar-refractivity contribution in [2.75, 3.05) is 0 Å². The van der Waals surface area contributed by atoms with E-state index in [0.29, 0.717) is 17.3 Å². The minimum absolute atomic E-state index is 0.487. The van der Waals surface area contributed by atoms with E-state index in [9.17, 15) is 5.11 Å². The average Bonchev–Trinajstić information content (AvgIpc) is 2.72. The number of hydrogen-bond acceptors (Lipinski definition) is 2. The molecule has 1 N–H and O–H groups in total. The molecular formula is C13H15ClN2O. The van der Waals surface area contributed by atoms with Crippen LogP contribution in [0.5, 0.6) is 0 Å². The number of benzene rings is 1. The first-order valence-electron chi connectivity index (χ1n) is 5.57. The lowest BCUT2D eigenvalue weighted by atomic mass is 9.92. The second kappa shape index (κ2) is 4.51. The Balaban J connectivity index is 2.55. The molecule has 0 bridgehead atoms. The molecule has 0 saturated heterocycles. The molecule has 2 aromatic rings. The molecule has 4 heteroatoms. The molecule has 90 valence electrons. The van der Waals surface area contributed by atoms with E-state index in [1.54, 1.807) is 17.8 Å². The summed E-state index contributed by atoms with van der Waals surface area (Å²) in [5.74, 6) is 0. The summed E-state index contributed by atoms with van der Waals surface area (Å²) in [6, 6.07) is 9.46. The highest BCUT2D eigenvalue weighted by atomic mass is 35.5. The van der Waals surface area contributed by atoms with Crippen LogP contribution in [0, 0.1) is 0 Å². The van der Waals surface area contributed by atoms with Gasteiger partial charge in [0, 0.05) is 6.54 Å². The van der Waals surface area contributed by atoms with Gasteiger partial charge < -0.3 is 5.11 Å². The zero-order valence-electron chi connectivity index (χ0n) is 9.89. The van der Waals surface area contributed by atoms with Crippen LogP contribution in [-0.2, 0) is 12.1 Å². The normalized spacial score (nSPS) is 14.6. The highest BCUT2D eigenvalue weighted by Crippen LogP contribution is 2.33. The Morgan fingerprint density at radius 3 is 2.59 bits per heavy atom. The molecule has 0 aliphatic heterocycles. The molecule has 1 heterocycles. The fourth-order valence-electron chi connectivity index (χ4n) is 1.99. The van der Waals surface area contributed by atoms with Crippen LogP contribution >= 0.6 is 11.6 Å². The number of aryl methyl sites for hydroxylation is 1. The summed E-state index contributed by atoms with van der Waals surface area (Å²) in [6.45, 7) is 4.37. The van der Waals surface area contributed by atoms with Gasteiger partial charge in [-0.25, -0.2) is 0 Å². The maximum atomic E-state index is 10.7. The Labute approximate surface area is 106 Å². The largest absolute Gasteiger partial charge is 0.379 e. The Hall–Kier alpha value is -1.32. The van der Waals surface area contributed by atoms with E-state index in [2.05, 4.69) is 5.10 Å². The molecule has 0 spiro atoms. The zero-order valence-corrected chi connectivity index (χ0v) is 10.6. The molecule has 0 fully saturated rings. The van der Waals surface area contributed by atoms with E-state index < -0.39 is 5.60 Å². The van der Waals surface area contributed by atoms with Gasteiger partial charge in [-0.1, -0.05) is 41.9 Å². The van der Waals surface area contributed by atoms with Crippen LogP contribution < -0.4 is 0 Å². The molecule has 0 saturated carbocycles. The number of nitrogens with zero attached hydrogens (tertiary/aromatic N) is 2. The summed E-state index contributed by atoms with van der Waals surface area (Å²) < 4.78 is 1.72. The van der Waals surface area contributed by atoms with Gasteiger partial charge in [0.1, 0.15) is 5.60 Å². The first-order valence-corrected chi connectivity index (χ1v) is 5.95. The summed E-state index contributed by atoms with van der Waals surface area (Å²) >= 11 is 6.11. The van der Waals surface area contributed by atoms with E-state index in [1.165, 1.54) is 0 Å². The summed E-state index contributed by atoms with van der Waals surface area (Å²) in [5, 5.41) is 15.3. The Kier molecular flexibility index (Phi) is 3.22. The van der Waals surface area contributed by atoms with Gasteiger partial charge in [-0.2, -0.15) is 5.10 Å². The third-order valence-electron chi connectivity index (χ3n) is 2.89. The van der Waals surface area contributed by atoms with Gasteiger partial charge in [0.05, 0.1) is 16.9 Å². The smallest absolute Gasteiger partial charge is 0.130 e. The van der Waals surface area contributed by atoms with Crippen molar-refractivity contribution in [2.24, 2.45) is 0 Å². The van der Waals surface area contributed by atoms with Crippen molar-refractivity contribution in [3.63, 3.8) is 0 Å². The van der Waals surface area contributed by atoms with E-state index in [4.69, 9.17) is 11.6 Å². The standard InChI is InChI=1S/C13H15ClN2O/c1-3-16-12(11(14)9-15-16)13(2,17)10-7-5-4-6-8-10/h4-9,17H,3H2,1-2H3. The van der Waals surface area contributed by atoms with Crippen LogP contribution in [0.2, 0.25) is 5.02 Å². The van der Waals surface area contributed by atoms with Crippen molar-refractivity contribution < 1.29 is 5.11 Å². The van der Waals surface area contributed by atoms with E-state index in [-0.39, 0.29) is 0 Å². The number of aromatic nitrogens is 2. The number of aliphatic hydroxyl groups is 1. The van der Waals surface area contributed by atoms with E-state index in [0.717, 1.165) is 5.56 Å². The topological polar surface area (TPSA) is 38.0 Å². The Morgan fingerprint density at radius 2 is 2.00 bits per heavy atom. The molecule has 1 aromatic carbocycles. The fourth-order valence-corrected chi connectivity index (χ4v) is 2.31. The highest BCUT2D eigenvalue weighted by molar-refractivity contribution is 6.31. The third kappa shape index (κ3) is 2.08. The number of hydrogen-bond donors (Lipinski definition) is 1. The second-order valence-corrected chi connectivity index (χ2v) is 4.50. The summed E-state index contributed by atoms with van der Waals surface area (Å²) in [6.07, 6.45) is 1.57. The Morgan fingerprint density at radius 1 is 1.35 bits per heavy atom. The lowest BCUT2D eigenvalue weighted by Crippen LogP contribution is -2.27. The first-order chi connectivity index (χ1) is 8.07. The van der Waals surface area contributed by atoms with Crippen LogP contribution in [0.15, 0.2) is 36.5 Å². The predicted octanol–water partition coefficient (Wildman–Crippen LogP) is 2.81. The molecule has 1 unspecified atom stereocenters. The van der Waals surface area contributed by atoms with Crippen LogP contribution in [0.3, 0.4) is 0 Å². The highest BCUT2D eigenvalue weighted by Gasteiger charge is 2.31. The van der Waals surface area contributed by atoms with Crippen molar-refractivity contribution >= 4 is 11.6 Å². The molecule has 0 radical (unpaired) electrons. The maximum absolute atomic E-state index is 10.7. The Bertz CT molecular complexity index is 505. The van der Waals surface area contributed by atoms with Crippen LogP contribution in [0.1, 0.15) is 25.1 Å². The van der Waals surface area contributed by atoms with Gasteiger partial charge in [0.25, 0.3) is 0 Å². The molecule has 0 aliphatic rings.